The molecule has 2 aromatic rings. The Labute approximate surface area is 279 Å². The van der Waals surface area contributed by atoms with Gasteiger partial charge in [0.25, 0.3) is 0 Å². The van der Waals surface area contributed by atoms with E-state index in [1.807, 2.05) is 20.8 Å². The number of ether oxygens (including phenoxy) is 2. The Balaban J connectivity index is 1.73. The van der Waals surface area contributed by atoms with E-state index >= 15 is 0 Å². The van der Waals surface area contributed by atoms with Crippen LogP contribution in [0, 0.1) is 5.41 Å². The number of nitrogens with one attached hydrogen (secondary N) is 1. The number of rotatable bonds is 22. The molecule has 1 saturated heterocycles. The van der Waals surface area contributed by atoms with Gasteiger partial charge in [0.1, 0.15) is 12.4 Å². The van der Waals surface area contributed by atoms with Crippen molar-refractivity contribution in [3.8, 4) is 0 Å². The van der Waals surface area contributed by atoms with Gasteiger partial charge in [-0.3, -0.25) is 9.13 Å². The molecule has 2 aromatic heterocycles. The Morgan fingerprint density at radius 3 is 2.51 bits per heavy atom. The van der Waals surface area contributed by atoms with Gasteiger partial charge in [0.05, 0.1) is 43.5 Å². The Morgan fingerprint density at radius 2 is 1.87 bits per heavy atom. The van der Waals surface area contributed by atoms with Gasteiger partial charge in [0, 0.05) is 25.7 Å². The first kappa shape index (κ1) is 39.7. The highest BCUT2D eigenvalue weighted by Gasteiger charge is 2.53. The van der Waals surface area contributed by atoms with Crippen LogP contribution in [0.1, 0.15) is 93.4 Å². The minimum absolute atomic E-state index is 0.102. The highest BCUT2D eigenvalue weighted by molar-refractivity contribution is 7.53. The number of aromatic nitrogens is 4. The van der Waals surface area contributed by atoms with Gasteiger partial charge >= 0.3 is 7.60 Å². The van der Waals surface area contributed by atoms with Crippen molar-refractivity contribution in [2.75, 3.05) is 51.0 Å². The lowest BCUT2D eigenvalue weighted by molar-refractivity contribution is -0.112. The molecule has 6 N–H and O–H groups in total. The van der Waals surface area contributed by atoms with E-state index < -0.39 is 31.1 Å². The number of nitrogens with two attached hydrogens (primary N) is 1. The van der Waals surface area contributed by atoms with E-state index in [-0.39, 0.29) is 43.4 Å². The van der Waals surface area contributed by atoms with Gasteiger partial charge < -0.3 is 44.9 Å². The largest absolute Gasteiger partial charge is 0.394 e. The van der Waals surface area contributed by atoms with Crippen molar-refractivity contribution in [3.05, 3.63) is 12.7 Å². The standard InChI is InChI=1S/C32H59N6O8P/c1-8-18-47(42,45-17-15-39)46-31(9-2,10-3)19-24-26(40)32(41,21-43-24)38-23-37-25-27(35-22-36-28(25)38)34-20-29(4,5)13-16-44-30(6,7)12-11-14-33/h22-24,26,39-41H,8-21,33H2,1-7H3,(H,34,35,36)/t24-,26-,32-,47?/m1/s1. The third kappa shape index (κ3) is 10.1. The number of anilines is 1. The van der Waals surface area contributed by atoms with E-state index in [1.165, 1.54) is 17.2 Å². The summed E-state index contributed by atoms with van der Waals surface area (Å²) in [6.45, 7) is 15.4. The second-order valence-electron chi connectivity index (χ2n) is 14.0. The van der Waals surface area contributed by atoms with E-state index in [2.05, 4.69) is 48.0 Å². The minimum Gasteiger partial charge on any atom is -0.394 e. The van der Waals surface area contributed by atoms with Crippen LogP contribution in [0.2, 0.25) is 0 Å². The molecule has 4 atom stereocenters. The molecular weight excluding hydrogens is 627 g/mol. The van der Waals surface area contributed by atoms with Crippen LogP contribution in [0.5, 0.6) is 0 Å². The fourth-order valence-corrected chi connectivity index (χ4v) is 8.01. The van der Waals surface area contributed by atoms with Crippen molar-refractivity contribution in [2.24, 2.45) is 11.1 Å². The van der Waals surface area contributed by atoms with E-state index in [0.29, 0.717) is 55.9 Å². The molecule has 1 aliphatic rings. The molecule has 0 amide bonds. The van der Waals surface area contributed by atoms with E-state index in [4.69, 9.17) is 24.3 Å². The number of aliphatic hydroxyl groups is 3. The zero-order valence-corrected chi connectivity index (χ0v) is 30.3. The van der Waals surface area contributed by atoms with Crippen LogP contribution in [0.15, 0.2) is 12.7 Å². The number of nitrogens with zero attached hydrogens (tertiary/aromatic N) is 4. The Hall–Kier alpha value is -1.74. The second kappa shape index (κ2) is 16.8. The summed E-state index contributed by atoms with van der Waals surface area (Å²) >= 11 is 0. The maximum absolute atomic E-state index is 13.5. The number of fused-ring (bicyclic) bond motifs is 1. The molecular formula is C32H59N6O8P. The molecule has 1 unspecified atom stereocenters. The maximum atomic E-state index is 13.5. The third-order valence-corrected chi connectivity index (χ3v) is 11.4. The molecule has 0 spiro atoms. The molecule has 1 fully saturated rings. The van der Waals surface area contributed by atoms with Crippen LogP contribution >= 0.6 is 7.60 Å². The Kier molecular flexibility index (Phi) is 14.2. The topological polar surface area (TPSA) is 196 Å². The van der Waals surface area contributed by atoms with Crippen LogP contribution < -0.4 is 11.1 Å². The predicted molar refractivity (Wildman–Crippen MR) is 181 cm³/mol. The van der Waals surface area contributed by atoms with Crippen LogP contribution in [-0.2, 0) is 28.8 Å². The highest BCUT2D eigenvalue weighted by atomic mass is 31.2. The first-order valence-electron chi connectivity index (χ1n) is 17.0. The molecule has 0 saturated carbocycles. The highest BCUT2D eigenvalue weighted by Crippen LogP contribution is 2.55. The normalized spacial score (nSPS) is 22.2. The third-order valence-electron chi connectivity index (χ3n) is 9.15. The molecule has 270 valence electrons. The minimum atomic E-state index is -3.53. The summed E-state index contributed by atoms with van der Waals surface area (Å²) in [4.78, 5) is 13.3. The molecule has 15 heteroatoms. The summed E-state index contributed by atoms with van der Waals surface area (Å²) in [7, 11) is -3.53. The van der Waals surface area contributed by atoms with Crippen molar-refractivity contribution in [3.63, 3.8) is 0 Å². The van der Waals surface area contributed by atoms with E-state index in [1.54, 1.807) is 0 Å². The summed E-state index contributed by atoms with van der Waals surface area (Å²) in [6, 6.07) is 0. The van der Waals surface area contributed by atoms with E-state index in [9.17, 15) is 19.9 Å². The molecule has 3 rings (SSSR count). The smallest absolute Gasteiger partial charge is 0.331 e. The number of aliphatic hydroxyl groups excluding tert-OH is 2. The summed E-state index contributed by atoms with van der Waals surface area (Å²) < 4.78 is 38.8. The quantitative estimate of drug-likeness (QED) is 0.111. The lowest BCUT2D eigenvalue weighted by Gasteiger charge is -2.38. The van der Waals surface area contributed by atoms with Crippen molar-refractivity contribution < 1.29 is 38.4 Å². The Morgan fingerprint density at radius 1 is 1.15 bits per heavy atom. The predicted octanol–water partition coefficient (Wildman–Crippen LogP) is 4.17. The number of imidazole rings is 1. The number of hydrogen-bond acceptors (Lipinski definition) is 13. The molecule has 3 heterocycles. The molecule has 0 aromatic carbocycles. The first-order valence-corrected chi connectivity index (χ1v) is 18.7. The zero-order valence-electron chi connectivity index (χ0n) is 29.4. The van der Waals surface area contributed by atoms with Crippen molar-refractivity contribution in [2.45, 2.75) is 123 Å². The first-order chi connectivity index (χ1) is 22.1. The molecule has 14 nitrogen and oxygen atoms in total. The molecule has 0 aliphatic carbocycles. The average Bonchev–Trinajstić information content (AvgIpc) is 3.59. The fraction of sp³-hybridized carbons (Fsp3) is 0.844. The summed E-state index contributed by atoms with van der Waals surface area (Å²) in [6.07, 6.45) is 5.13. The van der Waals surface area contributed by atoms with Gasteiger partial charge in [-0.2, -0.15) is 0 Å². The molecule has 1 aliphatic heterocycles. The Bertz CT molecular complexity index is 1310. The van der Waals surface area contributed by atoms with Crippen molar-refractivity contribution in [1.29, 1.82) is 0 Å². The lowest BCUT2D eigenvalue weighted by Crippen LogP contribution is -2.48. The van der Waals surface area contributed by atoms with Gasteiger partial charge in [-0.05, 0) is 64.3 Å². The van der Waals surface area contributed by atoms with Crippen LogP contribution in [0.25, 0.3) is 11.2 Å². The molecule has 47 heavy (non-hydrogen) atoms. The average molecular weight is 687 g/mol. The van der Waals surface area contributed by atoms with Crippen LogP contribution in [-0.4, -0.2) is 104 Å². The molecule has 0 bridgehead atoms. The van der Waals surface area contributed by atoms with Gasteiger partial charge in [0.2, 0.25) is 0 Å². The van der Waals surface area contributed by atoms with Crippen molar-refractivity contribution >= 4 is 24.6 Å². The lowest BCUT2D eigenvalue weighted by atomic mass is 9.88. The SMILES string of the molecule is CCCP(=O)(OCCO)OC(CC)(CC)C[C@H]1OC[C@](O)(n2cnc3c(NCC(C)(C)CCOC(C)(C)CCCN)ncnc32)[C@@H]1O. The van der Waals surface area contributed by atoms with Gasteiger partial charge in [-0.25, -0.2) is 15.0 Å². The van der Waals surface area contributed by atoms with Crippen LogP contribution in [0.4, 0.5) is 5.82 Å². The van der Waals surface area contributed by atoms with E-state index in [0.717, 1.165) is 19.3 Å². The van der Waals surface area contributed by atoms with Gasteiger partial charge in [0.15, 0.2) is 22.7 Å². The monoisotopic (exact) mass is 686 g/mol. The second-order valence-corrected chi connectivity index (χ2v) is 16.1. The number of hydrogen-bond donors (Lipinski definition) is 5. The summed E-state index contributed by atoms with van der Waals surface area (Å²) in [5.74, 6) is 0.513. The van der Waals surface area contributed by atoms with Crippen LogP contribution in [0.3, 0.4) is 0 Å². The molecule has 0 radical (unpaired) electrons. The summed E-state index contributed by atoms with van der Waals surface area (Å²) in [5.41, 5.74) is 3.28. The van der Waals surface area contributed by atoms with Crippen molar-refractivity contribution in [1.82, 2.24) is 19.5 Å². The zero-order chi connectivity index (χ0) is 34.9. The van der Waals surface area contributed by atoms with Gasteiger partial charge in [-0.15, -0.1) is 0 Å². The van der Waals surface area contributed by atoms with Gasteiger partial charge in [-0.1, -0.05) is 34.6 Å². The summed E-state index contributed by atoms with van der Waals surface area (Å²) in [5, 5.41) is 36.0. The fourth-order valence-electron chi connectivity index (χ4n) is 5.91. The maximum Gasteiger partial charge on any atom is 0.331 e.